The Balaban J connectivity index is 2.03. The predicted octanol–water partition coefficient (Wildman–Crippen LogP) is 1.07. The molecule has 0 radical (unpaired) electrons. The first-order valence-corrected chi connectivity index (χ1v) is 5.61. The van der Waals surface area contributed by atoms with E-state index in [0.717, 1.165) is 12.8 Å². The number of ether oxygens (including phenoxy) is 1. The third kappa shape index (κ3) is 2.13. The van der Waals surface area contributed by atoms with Crippen molar-refractivity contribution < 1.29 is 9.53 Å². The van der Waals surface area contributed by atoms with Crippen molar-refractivity contribution in [2.45, 2.75) is 44.2 Å². The van der Waals surface area contributed by atoms with E-state index in [-0.39, 0.29) is 24.5 Å². The lowest BCUT2D eigenvalue weighted by Gasteiger charge is -2.43. The predicted molar refractivity (Wildman–Crippen MR) is 53.9 cm³/mol. The molecule has 2 fully saturated rings. The molecule has 2 aliphatic rings. The number of morpholine rings is 1. The SMILES string of the molecule is N#CCC(=O)N1CCOC2CCCCC21. The quantitative estimate of drug-likeness (QED) is 0.647. The molecule has 0 aromatic carbocycles. The Morgan fingerprint density at radius 1 is 1.47 bits per heavy atom. The molecule has 1 aliphatic carbocycles. The number of nitriles is 1. The molecule has 1 saturated heterocycles. The van der Waals surface area contributed by atoms with Crippen LogP contribution >= 0.6 is 0 Å². The van der Waals surface area contributed by atoms with E-state index >= 15 is 0 Å². The maximum absolute atomic E-state index is 11.7. The normalized spacial score (nSPS) is 30.5. The molecule has 2 unspecified atom stereocenters. The van der Waals surface area contributed by atoms with Gasteiger partial charge in [0.1, 0.15) is 6.42 Å². The van der Waals surface area contributed by atoms with Crippen molar-refractivity contribution in [3.05, 3.63) is 0 Å². The van der Waals surface area contributed by atoms with Gasteiger partial charge in [-0.2, -0.15) is 5.26 Å². The first-order chi connectivity index (χ1) is 7.33. The van der Waals surface area contributed by atoms with Gasteiger partial charge in [0.2, 0.25) is 5.91 Å². The molecule has 0 spiro atoms. The average Bonchev–Trinajstić information content (AvgIpc) is 2.28. The van der Waals surface area contributed by atoms with Crippen LogP contribution in [0.1, 0.15) is 32.1 Å². The summed E-state index contributed by atoms with van der Waals surface area (Å²) in [5.41, 5.74) is 0. The fraction of sp³-hybridized carbons (Fsp3) is 0.818. The zero-order valence-electron chi connectivity index (χ0n) is 8.82. The first kappa shape index (κ1) is 10.4. The maximum Gasteiger partial charge on any atom is 0.237 e. The highest BCUT2D eigenvalue weighted by atomic mass is 16.5. The van der Waals surface area contributed by atoms with Gasteiger partial charge in [0.25, 0.3) is 0 Å². The van der Waals surface area contributed by atoms with Gasteiger partial charge in [0.15, 0.2) is 0 Å². The number of fused-ring (bicyclic) bond motifs is 1. The van der Waals surface area contributed by atoms with Crippen molar-refractivity contribution in [2.75, 3.05) is 13.2 Å². The standard InChI is InChI=1S/C11H16N2O2/c12-6-5-11(14)13-7-8-15-10-4-2-1-3-9(10)13/h9-10H,1-5,7-8H2. The molecule has 0 N–H and O–H groups in total. The molecular weight excluding hydrogens is 192 g/mol. The van der Waals surface area contributed by atoms with Gasteiger partial charge in [0, 0.05) is 6.54 Å². The van der Waals surface area contributed by atoms with Crippen LogP contribution in [-0.2, 0) is 9.53 Å². The highest BCUT2D eigenvalue weighted by Crippen LogP contribution is 2.28. The summed E-state index contributed by atoms with van der Waals surface area (Å²) in [6, 6.07) is 2.16. The highest BCUT2D eigenvalue weighted by Gasteiger charge is 2.36. The summed E-state index contributed by atoms with van der Waals surface area (Å²) in [7, 11) is 0. The Morgan fingerprint density at radius 3 is 3.07 bits per heavy atom. The summed E-state index contributed by atoms with van der Waals surface area (Å²) in [5, 5.41) is 8.53. The summed E-state index contributed by atoms with van der Waals surface area (Å²) in [4.78, 5) is 13.6. The van der Waals surface area contributed by atoms with Crippen LogP contribution in [0, 0.1) is 11.3 Å². The molecular formula is C11H16N2O2. The second-order valence-electron chi connectivity index (χ2n) is 4.18. The number of rotatable bonds is 1. The summed E-state index contributed by atoms with van der Waals surface area (Å²) < 4.78 is 5.66. The second kappa shape index (κ2) is 4.63. The number of amides is 1. The second-order valence-corrected chi connectivity index (χ2v) is 4.18. The molecule has 82 valence electrons. The van der Waals surface area contributed by atoms with E-state index < -0.39 is 0 Å². The topological polar surface area (TPSA) is 53.3 Å². The van der Waals surface area contributed by atoms with Gasteiger partial charge in [-0.25, -0.2) is 0 Å². The van der Waals surface area contributed by atoms with Gasteiger partial charge < -0.3 is 9.64 Å². The number of nitrogens with zero attached hydrogens (tertiary/aromatic N) is 2. The fourth-order valence-corrected chi connectivity index (χ4v) is 2.58. The van der Waals surface area contributed by atoms with Crippen molar-refractivity contribution in [1.82, 2.24) is 4.90 Å². The number of carbonyl (C=O) groups is 1. The number of hydrogen-bond donors (Lipinski definition) is 0. The van der Waals surface area contributed by atoms with Crippen molar-refractivity contribution in [1.29, 1.82) is 5.26 Å². The Hall–Kier alpha value is -1.08. The lowest BCUT2D eigenvalue weighted by Crippen LogP contribution is -2.54. The van der Waals surface area contributed by atoms with Crippen LogP contribution in [0.25, 0.3) is 0 Å². The van der Waals surface area contributed by atoms with Crippen LogP contribution in [0.5, 0.6) is 0 Å². The van der Waals surface area contributed by atoms with E-state index in [1.165, 1.54) is 12.8 Å². The molecule has 0 aromatic rings. The Morgan fingerprint density at radius 2 is 2.27 bits per heavy atom. The van der Waals surface area contributed by atoms with Crippen LogP contribution in [0.3, 0.4) is 0 Å². The van der Waals surface area contributed by atoms with Crippen LogP contribution in [-0.4, -0.2) is 36.1 Å². The third-order valence-corrected chi connectivity index (χ3v) is 3.28. The molecule has 4 nitrogen and oxygen atoms in total. The van der Waals surface area contributed by atoms with Crippen molar-refractivity contribution in [3.63, 3.8) is 0 Å². The monoisotopic (exact) mass is 208 g/mol. The molecule has 2 atom stereocenters. The molecule has 0 bridgehead atoms. The van der Waals surface area contributed by atoms with Gasteiger partial charge in [-0.3, -0.25) is 4.79 Å². The largest absolute Gasteiger partial charge is 0.374 e. The minimum Gasteiger partial charge on any atom is -0.374 e. The highest BCUT2D eigenvalue weighted by molar-refractivity contribution is 5.78. The van der Waals surface area contributed by atoms with E-state index in [0.29, 0.717) is 13.2 Å². The lowest BCUT2D eigenvalue weighted by molar-refractivity contribution is -0.148. The zero-order valence-corrected chi connectivity index (χ0v) is 8.82. The van der Waals surface area contributed by atoms with Gasteiger partial charge in [-0.05, 0) is 12.8 Å². The molecule has 1 heterocycles. The maximum atomic E-state index is 11.7. The molecule has 1 amide bonds. The fourth-order valence-electron chi connectivity index (χ4n) is 2.58. The van der Waals surface area contributed by atoms with Crippen LogP contribution < -0.4 is 0 Å². The molecule has 2 rings (SSSR count). The Labute approximate surface area is 89.8 Å². The van der Waals surface area contributed by atoms with Crippen LogP contribution in [0.2, 0.25) is 0 Å². The van der Waals surface area contributed by atoms with E-state index in [1.807, 2.05) is 11.0 Å². The Bertz CT molecular complexity index is 283. The van der Waals surface area contributed by atoms with Gasteiger partial charge in [-0.15, -0.1) is 0 Å². The summed E-state index contributed by atoms with van der Waals surface area (Å²) >= 11 is 0. The molecule has 1 aliphatic heterocycles. The van der Waals surface area contributed by atoms with Crippen molar-refractivity contribution >= 4 is 5.91 Å². The molecule has 1 saturated carbocycles. The van der Waals surface area contributed by atoms with E-state index in [4.69, 9.17) is 10.00 Å². The van der Waals surface area contributed by atoms with E-state index in [2.05, 4.69) is 0 Å². The number of carbonyl (C=O) groups excluding carboxylic acids is 1. The zero-order chi connectivity index (χ0) is 10.7. The van der Waals surface area contributed by atoms with Crippen molar-refractivity contribution in [2.24, 2.45) is 0 Å². The first-order valence-electron chi connectivity index (χ1n) is 5.61. The minimum absolute atomic E-state index is 0.00319. The smallest absolute Gasteiger partial charge is 0.237 e. The third-order valence-electron chi connectivity index (χ3n) is 3.28. The van der Waals surface area contributed by atoms with Gasteiger partial charge >= 0.3 is 0 Å². The summed E-state index contributed by atoms with van der Waals surface area (Å²) in [6.45, 7) is 1.28. The van der Waals surface area contributed by atoms with E-state index in [1.54, 1.807) is 0 Å². The molecule has 4 heteroatoms. The van der Waals surface area contributed by atoms with Gasteiger partial charge in [-0.1, -0.05) is 12.8 Å². The summed E-state index contributed by atoms with van der Waals surface area (Å²) in [5.74, 6) is -0.0299. The summed E-state index contributed by atoms with van der Waals surface area (Å²) in [6.07, 6.45) is 4.67. The molecule has 0 aromatic heterocycles. The molecule has 15 heavy (non-hydrogen) atoms. The van der Waals surface area contributed by atoms with Crippen LogP contribution in [0.15, 0.2) is 0 Å². The Kier molecular flexibility index (Phi) is 3.22. The minimum atomic E-state index is -0.0299. The van der Waals surface area contributed by atoms with Gasteiger partial charge in [0.05, 0.1) is 24.8 Å². The van der Waals surface area contributed by atoms with Crippen molar-refractivity contribution in [3.8, 4) is 6.07 Å². The van der Waals surface area contributed by atoms with Crippen LogP contribution in [0.4, 0.5) is 0 Å². The number of hydrogen-bond acceptors (Lipinski definition) is 3. The lowest BCUT2D eigenvalue weighted by atomic mass is 9.90. The average molecular weight is 208 g/mol. The van der Waals surface area contributed by atoms with E-state index in [9.17, 15) is 4.79 Å².